The highest BCUT2D eigenvalue weighted by Gasteiger charge is 2.26. The van der Waals surface area contributed by atoms with Crippen LogP contribution in [0.1, 0.15) is 6.42 Å². The van der Waals surface area contributed by atoms with E-state index in [0.29, 0.717) is 17.9 Å². The molecule has 1 N–H and O–H groups in total. The third kappa shape index (κ3) is 3.01. The monoisotopic (exact) mass is 226 g/mol. The molecule has 0 aliphatic carbocycles. The summed E-state index contributed by atoms with van der Waals surface area (Å²) < 4.78 is 37.2. The summed E-state index contributed by atoms with van der Waals surface area (Å²) in [5.41, 5.74) is 0. The molecule has 1 aliphatic rings. The summed E-state index contributed by atoms with van der Waals surface area (Å²) >= 11 is 0. The first-order valence-corrected chi connectivity index (χ1v) is 6.89. The fraction of sp³-hybridized carbons (Fsp3) is 1.00. The summed E-state index contributed by atoms with van der Waals surface area (Å²) in [5.74, 6) is 1.04. The first-order valence-electron chi connectivity index (χ1n) is 3.96. The Morgan fingerprint density at radius 3 is 2.46 bits per heavy atom. The Morgan fingerprint density at radius 2 is 2.08 bits per heavy atom. The van der Waals surface area contributed by atoms with Crippen LogP contribution in [0.3, 0.4) is 0 Å². The molecule has 0 spiro atoms. The van der Waals surface area contributed by atoms with Crippen molar-refractivity contribution in [3.63, 3.8) is 0 Å². The number of hydrogen-bond donors (Lipinski definition) is 1. The first kappa shape index (κ1) is 11.1. The molecule has 0 radical (unpaired) electrons. The molecule has 0 aromatic rings. The highest BCUT2D eigenvalue weighted by Crippen LogP contribution is 2.08. The van der Waals surface area contributed by atoms with Crippen molar-refractivity contribution < 1.29 is 12.6 Å². The minimum Gasteiger partial charge on any atom is -0.260 e. The van der Waals surface area contributed by atoms with Crippen LogP contribution >= 0.6 is 0 Å². The SMILES string of the molecule is CN(C)S(=O)(=O)NC1CCS(=O)C1. The van der Waals surface area contributed by atoms with Crippen LogP contribution in [0.15, 0.2) is 0 Å². The van der Waals surface area contributed by atoms with E-state index in [0.717, 1.165) is 4.31 Å². The molecule has 1 saturated heterocycles. The van der Waals surface area contributed by atoms with E-state index in [1.165, 1.54) is 14.1 Å². The summed E-state index contributed by atoms with van der Waals surface area (Å²) in [6, 6.07) is -0.159. The van der Waals surface area contributed by atoms with E-state index in [1.807, 2.05) is 0 Å². The predicted molar refractivity (Wildman–Crippen MR) is 52.0 cm³/mol. The van der Waals surface area contributed by atoms with E-state index in [9.17, 15) is 12.6 Å². The molecular weight excluding hydrogens is 212 g/mol. The Bertz CT molecular complexity index is 299. The van der Waals surface area contributed by atoms with Crippen LogP contribution in [0.2, 0.25) is 0 Å². The number of rotatable bonds is 3. The average Bonchev–Trinajstić information content (AvgIpc) is 2.34. The fourth-order valence-corrected chi connectivity index (χ4v) is 3.43. The van der Waals surface area contributed by atoms with Gasteiger partial charge in [0.2, 0.25) is 0 Å². The zero-order valence-corrected chi connectivity index (χ0v) is 9.32. The Hall–Kier alpha value is 0.0200. The maximum atomic E-state index is 11.3. The zero-order valence-electron chi connectivity index (χ0n) is 7.69. The molecule has 13 heavy (non-hydrogen) atoms. The van der Waals surface area contributed by atoms with Gasteiger partial charge in [-0.1, -0.05) is 0 Å². The van der Waals surface area contributed by atoms with Crippen molar-refractivity contribution in [2.45, 2.75) is 12.5 Å². The van der Waals surface area contributed by atoms with Gasteiger partial charge >= 0.3 is 0 Å². The molecule has 0 aromatic carbocycles. The van der Waals surface area contributed by atoms with Crippen LogP contribution in [0.25, 0.3) is 0 Å². The van der Waals surface area contributed by atoms with Gasteiger partial charge < -0.3 is 0 Å². The van der Waals surface area contributed by atoms with Gasteiger partial charge in [0.15, 0.2) is 0 Å². The molecule has 1 fully saturated rings. The molecule has 1 rings (SSSR count). The minimum absolute atomic E-state index is 0.159. The Morgan fingerprint density at radius 1 is 1.46 bits per heavy atom. The minimum atomic E-state index is -3.36. The average molecular weight is 226 g/mol. The van der Waals surface area contributed by atoms with Gasteiger partial charge in [0, 0.05) is 42.4 Å². The molecule has 2 atom stereocenters. The lowest BCUT2D eigenvalue weighted by molar-refractivity contribution is 0.493. The predicted octanol–water partition coefficient (Wildman–Crippen LogP) is -1.10. The second-order valence-corrected chi connectivity index (χ2v) is 6.74. The van der Waals surface area contributed by atoms with E-state index >= 15 is 0 Å². The van der Waals surface area contributed by atoms with Crippen molar-refractivity contribution in [2.75, 3.05) is 25.6 Å². The fourth-order valence-electron chi connectivity index (χ4n) is 1.07. The molecule has 2 unspecified atom stereocenters. The molecule has 78 valence electrons. The van der Waals surface area contributed by atoms with Crippen LogP contribution in [0, 0.1) is 0 Å². The van der Waals surface area contributed by atoms with Gasteiger partial charge in [0.25, 0.3) is 10.2 Å². The molecule has 0 amide bonds. The normalized spacial score (nSPS) is 29.8. The summed E-state index contributed by atoms with van der Waals surface area (Å²) in [6.07, 6.45) is 0.666. The van der Waals surface area contributed by atoms with Crippen molar-refractivity contribution in [1.82, 2.24) is 9.03 Å². The molecule has 5 nitrogen and oxygen atoms in total. The van der Waals surface area contributed by atoms with Crippen molar-refractivity contribution >= 4 is 21.0 Å². The lowest BCUT2D eigenvalue weighted by Gasteiger charge is -2.15. The van der Waals surface area contributed by atoms with E-state index < -0.39 is 21.0 Å². The van der Waals surface area contributed by atoms with Crippen molar-refractivity contribution in [3.05, 3.63) is 0 Å². The Kier molecular flexibility index (Phi) is 3.44. The molecule has 0 bridgehead atoms. The van der Waals surface area contributed by atoms with Crippen molar-refractivity contribution in [1.29, 1.82) is 0 Å². The van der Waals surface area contributed by atoms with Crippen molar-refractivity contribution in [2.24, 2.45) is 0 Å². The number of nitrogens with zero attached hydrogens (tertiary/aromatic N) is 1. The quantitative estimate of drug-likeness (QED) is 0.664. The number of nitrogens with one attached hydrogen (secondary N) is 1. The van der Waals surface area contributed by atoms with Crippen LogP contribution in [0.5, 0.6) is 0 Å². The van der Waals surface area contributed by atoms with Crippen LogP contribution in [0.4, 0.5) is 0 Å². The molecule has 1 heterocycles. The zero-order chi connectivity index (χ0) is 10.1. The Balaban J connectivity index is 2.55. The third-order valence-corrected chi connectivity index (χ3v) is 4.94. The number of hydrogen-bond acceptors (Lipinski definition) is 3. The topological polar surface area (TPSA) is 66.5 Å². The summed E-state index contributed by atoms with van der Waals surface area (Å²) in [5, 5.41) is 0. The lowest BCUT2D eigenvalue weighted by Crippen LogP contribution is -2.42. The lowest BCUT2D eigenvalue weighted by atomic mass is 10.3. The van der Waals surface area contributed by atoms with Gasteiger partial charge in [-0.25, -0.2) is 0 Å². The first-order chi connectivity index (χ1) is 5.92. The maximum absolute atomic E-state index is 11.3. The van der Waals surface area contributed by atoms with E-state index in [4.69, 9.17) is 0 Å². The van der Waals surface area contributed by atoms with Gasteiger partial charge in [0.05, 0.1) is 0 Å². The van der Waals surface area contributed by atoms with Gasteiger partial charge in [-0.05, 0) is 6.42 Å². The van der Waals surface area contributed by atoms with Gasteiger partial charge in [-0.2, -0.15) is 17.4 Å². The second kappa shape index (κ2) is 4.04. The summed E-state index contributed by atoms with van der Waals surface area (Å²) in [4.78, 5) is 0. The molecule has 1 aliphatic heterocycles. The summed E-state index contributed by atoms with van der Waals surface area (Å²) in [6.45, 7) is 0. The van der Waals surface area contributed by atoms with Gasteiger partial charge in [0.1, 0.15) is 0 Å². The molecule has 0 aromatic heterocycles. The van der Waals surface area contributed by atoms with E-state index in [1.54, 1.807) is 0 Å². The summed E-state index contributed by atoms with van der Waals surface area (Å²) in [7, 11) is -1.27. The van der Waals surface area contributed by atoms with Crippen LogP contribution in [-0.4, -0.2) is 48.6 Å². The highest BCUT2D eigenvalue weighted by molar-refractivity contribution is 7.87. The van der Waals surface area contributed by atoms with Crippen LogP contribution in [-0.2, 0) is 21.0 Å². The van der Waals surface area contributed by atoms with Gasteiger partial charge in [-0.3, -0.25) is 4.21 Å². The largest absolute Gasteiger partial charge is 0.279 e. The highest BCUT2D eigenvalue weighted by atomic mass is 32.2. The van der Waals surface area contributed by atoms with E-state index in [2.05, 4.69) is 4.72 Å². The van der Waals surface area contributed by atoms with Gasteiger partial charge in [-0.15, -0.1) is 0 Å². The standard InChI is InChI=1S/C6H14N2O3S2/c1-8(2)13(10,11)7-6-3-4-12(9)5-6/h6-7H,3-5H2,1-2H3. The molecule has 7 heteroatoms. The molecular formula is C6H14N2O3S2. The smallest absolute Gasteiger partial charge is 0.260 e. The van der Waals surface area contributed by atoms with Crippen LogP contribution < -0.4 is 4.72 Å². The van der Waals surface area contributed by atoms with E-state index in [-0.39, 0.29) is 6.04 Å². The third-order valence-electron chi connectivity index (χ3n) is 1.88. The maximum Gasteiger partial charge on any atom is 0.279 e. The second-order valence-electron chi connectivity index (χ2n) is 3.20. The molecule has 0 saturated carbocycles. The van der Waals surface area contributed by atoms with Crippen molar-refractivity contribution in [3.8, 4) is 0 Å². The Labute approximate surface area is 81.1 Å².